The Balaban J connectivity index is 1.30. The van der Waals surface area contributed by atoms with Gasteiger partial charge in [0.05, 0.1) is 5.60 Å². The maximum atomic E-state index is 6.31. The van der Waals surface area contributed by atoms with Crippen LogP contribution in [0.25, 0.3) is 0 Å². The van der Waals surface area contributed by atoms with Crippen LogP contribution in [0.3, 0.4) is 0 Å². The Hall–Kier alpha value is -1.28. The standard InChI is InChI=1S/C20H29N3O3S/c1-15-4-10-27-17(15)13-23-7-5-20(6-8-23)12-16(3-9-25-20)11-19-21-18(14-24-2)22-26-19/h4,10,16H,3,5-9,11-14H2,1-2H3. The number of hydrogen-bond donors (Lipinski definition) is 0. The van der Waals surface area contributed by atoms with E-state index in [0.717, 1.165) is 64.2 Å². The third-order valence-corrected chi connectivity index (χ3v) is 6.95. The highest BCUT2D eigenvalue weighted by atomic mass is 32.1. The molecule has 2 aliphatic heterocycles. The molecule has 4 rings (SSSR count). The number of methoxy groups -OCH3 is 1. The molecule has 148 valence electrons. The third kappa shape index (κ3) is 4.59. The largest absolute Gasteiger partial charge is 0.377 e. The SMILES string of the molecule is COCc1noc(CC2CCOC3(CCN(Cc4sccc4C)CC3)C2)n1. The van der Waals surface area contributed by atoms with Crippen molar-refractivity contribution in [1.82, 2.24) is 15.0 Å². The molecule has 2 aromatic heterocycles. The summed E-state index contributed by atoms with van der Waals surface area (Å²) in [5, 5.41) is 6.17. The minimum absolute atomic E-state index is 0.0410. The van der Waals surface area contributed by atoms with Gasteiger partial charge in [0.25, 0.3) is 0 Å². The molecule has 0 saturated carbocycles. The summed E-state index contributed by atoms with van der Waals surface area (Å²) in [5.74, 6) is 1.92. The first-order valence-electron chi connectivity index (χ1n) is 9.85. The summed E-state index contributed by atoms with van der Waals surface area (Å²) in [5.41, 5.74) is 1.46. The Kier molecular flexibility index (Phi) is 5.92. The average molecular weight is 392 g/mol. The summed E-state index contributed by atoms with van der Waals surface area (Å²) >= 11 is 1.87. The van der Waals surface area contributed by atoms with Gasteiger partial charge in [-0.2, -0.15) is 4.98 Å². The van der Waals surface area contributed by atoms with Crippen molar-refractivity contribution in [2.45, 2.75) is 57.8 Å². The van der Waals surface area contributed by atoms with E-state index < -0.39 is 0 Å². The topological polar surface area (TPSA) is 60.6 Å². The molecule has 0 aromatic carbocycles. The van der Waals surface area contributed by atoms with Crippen molar-refractivity contribution in [3.8, 4) is 0 Å². The quantitative estimate of drug-likeness (QED) is 0.750. The molecule has 2 aromatic rings. The zero-order valence-electron chi connectivity index (χ0n) is 16.3. The number of nitrogens with zero attached hydrogens (tertiary/aromatic N) is 3. The van der Waals surface area contributed by atoms with Crippen molar-refractivity contribution in [3.63, 3.8) is 0 Å². The smallest absolute Gasteiger partial charge is 0.227 e. The van der Waals surface area contributed by atoms with E-state index in [9.17, 15) is 0 Å². The van der Waals surface area contributed by atoms with Gasteiger partial charge in [-0.25, -0.2) is 0 Å². The van der Waals surface area contributed by atoms with Gasteiger partial charge >= 0.3 is 0 Å². The van der Waals surface area contributed by atoms with Crippen molar-refractivity contribution in [1.29, 1.82) is 0 Å². The number of rotatable bonds is 6. The molecule has 4 heterocycles. The van der Waals surface area contributed by atoms with E-state index in [2.05, 4.69) is 33.4 Å². The monoisotopic (exact) mass is 391 g/mol. The number of likely N-dealkylation sites (tertiary alicyclic amines) is 1. The minimum atomic E-state index is 0.0410. The van der Waals surface area contributed by atoms with Gasteiger partial charge in [0.2, 0.25) is 5.89 Å². The first-order valence-corrected chi connectivity index (χ1v) is 10.7. The van der Waals surface area contributed by atoms with Gasteiger partial charge in [-0.1, -0.05) is 5.16 Å². The molecular weight excluding hydrogens is 362 g/mol. The fourth-order valence-corrected chi connectivity index (χ4v) is 5.29. The molecule has 27 heavy (non-hydrogen) atoms. The van der Waals surface area contributed by atoms with Gasteiger partial charge in [-0.3, -0.25) is 4.90 Å². The molecule has 1 unspecified atom stereocenters. The van der Waals surface area contributed by atoms with Crippen molar-refractivity contribution in [2.75, 3.05) is 26.8 Å². The predicted octanol–water partition coefficient (Wildman–Crippen LogP) is 3.59. The van der Waals surface area contributed by atoms with Crippen LogP contribution in [0.4, 0.5) is 0 Å². The summed E-state index contributed by atoms with van der Waals surface area (Å²) in [7, 11) is 1.64. The highest BCUT2D eigenvalue weighted by Gasteiger charge is 2.40. The van der Waals surface area contributed by atoms with Crippen LogP contribution in [0.2, 0.25) is 0 Å². The van der Waals surface area contributed by atoms with Gasteiger partial charge in [0.1, 0.15) is 6.61 Å². The second-order valence-electron chi connectivity index (χ2n) is 7.93. The van der Waals surface area contributed by atoms with E-state index in [4.69, 9.17) is 14.0 Å². The maximum absolute atomic E-state index is 6.31. The molecule has 2 saturated heterocycles. The third-order valence-electron chi connectivity index (χ3n) is 5.94. The van der Waals surface area contributed by atoms with Crippen LogP contribution < -0.4 is 0 Å². The van der Waals surface area contributed by atoms with E-state index in [1.807, 2.05) is 11.3 Å². The first-order chi connectivity index (χ1) is 13.2. The van der Waals surface area contributed by atoms with E-state index in [-0.39, 0.29) is 5.60 Å². The van der Waals surface area contributed by atoms with Crippen molar-refractivity contribution >= 4 is 11.3 Å². The van der Waals surface area contributed by atoms with E-state index in [1.54, 1.807) is 7.11 Å². The van der Waals surface area contributed by atoms with E-state index in [1.165, 1.54) is 10.4 Å². The van der Waals surface area contributed by atoms with Gasteiger partial charge in [-0.05, 0) is 55.5 Å². The van der Waals surface area contributed by atoms with Crippen molar-refractivity contribution < 1.29 is 14.0 Å². The van der Waals surface area contributed by atoms with Crippen molar-refractivity contribution in [2.24, 2.45) is 5.92 Å². The number of hydrogen-bond acceptors (Lipinski definition) is 7. The maximum Gasteiger partial charge on any atom is 0.227 e. The highest BCUT2D eigenvalue weighted by Crippen LogP contribution is 2.39. The lowest BCUT2D eigenvalue weighted by molar-refractivity contribution is -0.128. The zero-order chi connectivity index (χ0) is 18.7. The Bertz CT molecular complexity index is 736. The molecule has 0 amide bonds. The Morgan fingerprint density at radius 2 is 2.22 bits per heavy atom. The Morgan fingerprint density at radius 3 is 2.96 bits per heavy atom. The number of thiophene rings is 1. The molecule has 0 bridgehead atoms. The second kappa shape index (κ2) is 8.39. The van der Waals surface area contributed by atoms with Crippen LogP contribution >= 0.6 is 11.3 Å². The van der Waals surface area contributed by atoms with Crippen LogP contribution in [0.5, 0.6) is 0 Å². The number of aromatic nitrogens is 2. The fourth-order valence-electron chi connectivity index (χ4n) is 4.35. The van der Waals surface area contributed by atoms with Gasteiger partial charge in [-0.15, -0.1) is 11.3 Å². The summed E-state index contributed by atoms with van der Waals surface area (Å²) in [4.78, 5) is 8.51. The molecule has 2 aliphatic rings. The molecule has 7 heteroatoms. The summed E-state index contributed by atoms with van der Waals surface area (Å²) in [6.45, 7) is 6.76. The average Bonchev–Trinajstić information content (AvgIpc) is 3.27. The molecule has 1 spiro atoms. The van der Waals surface area contributed by atoms with Crippen LogP contribution in [0.1, 0.15) is 47.8 Å². The lowest BCUT2D eigenvalue weighted by Crippen LogP contribution is -2.49. The molecule has 0 N–H and O–H groups in total. The second-order valence-corrected chi connectivity index (χ2v) is 8.94. The van der Waals surface area contributed by atoms with Gasteiger partial charge in [0.15, 0.2) is 5.82 Å². The predicted molar refractivity (Wildman–Crippen MR) is 104 cm³/mol. The Morgan fingerprint density at radius 1 is 1.37 bits per heavy atom. The van der Waals surface area contributed by atoms with Crippen LogP contribution in [0.15, 0.2) is 16.0 Å². The Labute approximate surface area is 164 Å². The fraction of sp³-hybridized carbons (Fsp3) is 0.700. The van der Waals surface area contributed by atoms with E-state index in [0.29, 0.717) is 18.3 Å². The molecular formula is C20H29N3O3S. The molecule has 6 nitrogen and oxygen atoms in total. The van der Waals surface area contributed by atoms with Gasteiger partial charge < -0.3 is 14.0 Å². The minimum Gasteiger partial charge on any atom is -0.377 e. The summed E-state index contributed by atoms with van der Waals surface area (Å²) in [6, 6.07) is 2.22. The first kappa shape index (κ1) is 19.1. The van der Waals surface area contributed by atoms with Crippen molar-refractivity contribution in [3.05, 3.63) is 33.6 Å². The molecule has 0 radical (unpaired) electrons. The number of ether oxygens (including phenoxy) is 2. The highest BCUT2D eigenvalue weighted by molar-refractivity contribution is 7.10. The molecule has 0 aliphatic carbocycles. The van der Waals surface area contributed by atoms with Gasteiger partial charge in [0, 0.05) is 44.6 Å². The molecule has 1 atom stereocenters. The lowest BCUT2D eigenvalue weighted by Gasteiger charge is -2.46. The number of piperidine rings is 1. The normalized spacial score (nSPS) is 23.1. The summed E-state index contributed by atoms with van der Waals surface area (Å²) in [6.07, 6.45) is 5.25. The summed E-state index contributed by atoms with van der Waals surface area (Å²) < 4.78 is 16.8. The molecule has 2 fully saturated rings. The number of aryl methyl sites for hydroxylation is 1. The van der Waals surface area contributed by atoms with Crippen LogP contribution in [0, 0.1) is 12.8 Å². The lowest BCUT2D eigenvalue weighted by atomic mass is 9.78. The van der Waals surface area contributed by atoms with Crippen LogP contribution in [-0.4, -0.2) is 47.4 Å². The van der Waals surface area contributed by atoms with Crippen LogP contribution in [-0.2, 0) is 29.0 Å². The zero-order valence-corrected chi connectivity index (χ0v) is 17.1. The van der Waals surface area contributed by atoms with E-state index >= 15 is 0 Å².